The number of benzene rings is 1. The number of piperidine rings is 1. The first kappa shape index (κ1) is 9.72. The van der Waals surface area contributed by atoms with E-state index >= 15 is 0 Å². The molecule has 0 saturated carbocycles. The van der Waals surface area contributed by atoms with Crippen molar-refractivity contribution in [2.45, 2.75) is 19.3 Å². The van der Waals surface area contributed by atoms with E-state index in [4.69, 9.17) is 0 Å². The molecule has 0 amide bonds. The maximum atomic E-state index is 2.43. The van der Waals surface area contributed by atoms with Crippen LogP contribution in [0.4, 0.5) is 0 Å². The summed E-state index contributed by atoms with van der Waals surface area (Å²) in [7, 11) is 2.22. The lowest BCUT2D eigenvalue weighted by atomic mass is 9.82. The predicted molar refractivity (Wildman–Crippen MR) is 60.5 cm³/mol. The van der Waals surface area contributed by atoms with E-state index in [9.17, 15) is 0 Å². The van der Waals surface area contributed by atoms with Gasteiger partial charge in [-0.15, -0.1) is 0 Å². The SMILES string of the molecule is C[C@@H]1CN(C)CC[C@@H]1c1ccccc1. The molecule has 0 radical (unpaired) electrons. The molecule has 1 fully saturated rings. The molecule has 0 bridgehead atoms. The van der Waals surface area contributed by atoms with Crippen LogP contribution in [0.2, 0.25) is 0 Å². The molecule has 1 heterocycles. The Hall–Kier alpha value is -0.820. The van der Waals surface area contributed by atoms with E-state index in [1.54, 1.807) is 0 Å². The average molecular weight is 189 g/mol. The van der Waals surface area contributed by atoms with Gasteiger partial charge >= 0.3 is 0 Å². The lowest BCUT2D eigenvalue weighted by molar-refractivity contribution is 0.195. The Morgan fingerprint density at radius 3 is 2.57 bits per heavy atom. The molecule has 2 atom stereocenters. The zero-order valence-corrected chi connectivity index (χ0v) is 9.11. The molecule has 76 valence electrons. The minimum atomic E-state index is 0.771. The third kappa shape index (κ3) is 1.98. The lowest BCUT2D eigenvalue weighted by Crippen LogP contribution is -2.35. The van der Waals surface area contributed by atoms with Gasteiger partial charge in [0, 0.05) is 6.54 Å². The van der Waals surface area contributed by atoms with Crippen LogP contribution in [0.15, 0.2) is 30.3 Å². The van der Waals surface area contributed by atoms with Crippen molar-refractivity contribution in [1.82, 2.24) is 4.90 Å². The first-order chi connectivity index (χ1) is 6.77. The summed E-state index contributed by atoms with van der Waals surface area (Å²) in [5.74, 6) is 1.56. The van der Waals surface area contributed by atoms with Crippen LogP contribution in [0.5, 0.6) is 0 Å². The zero-order chi connectivity index (χ0) is 9.97. The van der Waals surface area contributed by atoms with E-state index in [-0.39, 0.29) is 0 Å². The summed E-state index contributed by atoms with van der Waals surface area (Å²) >= 11 is 0. The second-order valence-electron chi connectivity index (χ2n) is 4.55. The number of hydrogen-bond acceptors (Lipinski definition) is 1. The molecule has 1 aliphatic rings. The van der Waals surface area contributed by atoms with Crippen molar-refractivity contribution < 1.29 is 0 Å². The summed E-state index contributed by atoms with van der Waals surface area (Å²) in [5, 5.41) is 0. The Labute approximate surface area is 86.7 Å². The first-order valence-electron chi connectivity index (χ1n) is 5.51. The Bertz CT molecular complexity index is 281. The summed E-state index contributed by atoms with van der Waals surface area (Å²) in [6.45, 7) is 4.84. The maximum absolute atomic E-state index is 2.43. The van der Waals surface area contributed by atoms with Gasteiger partial charge in [-0.25, -0.2) is 0 Å². The molecular weight excluding hydrogens is 170 g/mol. The van der Waals surface area contributed by atoms with Crippen molar-refractivity contribution in [3.63, 3.8) is 0 Å². The fraction of sp³-hybridized carbons (Fsp3) is 0.538. The van der Waals surface area contributed by atoms with Crippen LogP contribution < -0.4 is 0 Å². The van der Waals surface area contributed by atoms with Crippen molar-refractivity contribution in [1.29, 1.82) is 0 Å². The number of rotatable bonds is 1. The second kappa shape index (κ2) is 4.14. The van der Waals surface area contributed by atoms with E-state index < -0.39 is 0 Å². The van der Waals surface area contributed by atoms with Crippen LogP contribution in [0.3, 0.4) is 0 Å². The minimum absolute atomic E-state index is 0.771. The van der Waals surface area contributed by atoms with Crippen molar-refractivity contribution >= 4 is 0 Å². The van der Waals surface area contributed by atoms with Crippen LogP contribution in [0.1, 0.15) is 24.8 Å². The van der Waals surface area contributed by atoms with Crippen molar-refractivity contribution in [2.24, 2.45) is 5.92 Å². The molecular formula is C13H19N. The Kier molecular flexibility index (Phi) is 2.87. The van der Waals surface area contributed by atoms with Crippen molar-refractivity contribution in [2.75, 3.05) is 20.1 Å². The molecule has 14 heavy (non-hydrogen) atoms. The molecule has 1 aromatic rings. The summed E-state index contributed by atoms with van der Waals surface area (Å²) in [4.78, 5) is 2.43. The smallest absolute Gasteiger partial charge is 0.000982 e. The molecule has 2 rings (SSSR count). The predicted octanol–water partition coefficient (Wildman–Crippen LogP) is 2.74. The largest absolute Gasteiger partial charge is 0.306 e. The highest BCUT2D eigenvalue weighted by atomic mass is 15.1. The van der Waals surface area contributed by atoms with Crippen LogP contribution >= 0.6 is 0 Å². The van der Waals surface area contributed by atoms with E-state index in [2.05, 4.69) is 49.2 Å². The van der Waals surface area contributed by atoms with Crippen LogP contribution in [-0.2, 0) is 0 Å². The Morgan fingerprint density at radius 1 is 1.21 bits per heavy atom. The monoisotopic (exact) mass is 189 g/mol. The fourth-order valence-electron chi connectivity index (χ4n) is 2.55. The van der Waals surface area contributed by atoms with Gasteiger partial charge in [-0.3, -0.25) is 0 Å². The molecule has 1 aliphatic heterocycles. The minimum Gasteiger partial charge on any atom is -0.306 e. The van der Waals surface area contributed by atoms with Crippen molar-refractivity contribution in [3.8, 4) is 0 Å². The van der Waals surface area contributed by atoms with Crippen LogP contribution in [-0.4, -0.2) is 25.0 Å². The summed E-state index contributed by atoms with van der Waals surface area (Å²) < 4.78 is 0. The maximum Gasteiger partial charge on any atom is 0.000982 e. The molecule has 1 aromatic carbocycles. The van der Waals surface area contributed by atoms with Gasteiger partial charge in [-0.2, -0.15) is 0 Å². The standard InChI is InChI=1S/C13H19N/c1-11-10-14(2)9-8-13(11)12-6-4-3-5-7-12/h3-7,11,13H,8-10H2,1-2H3/t11-,13+/m1/s1. The quantitative estimate of drug-likeness (QED) is 0.656. The van der Waals surface area contributed by atoms with E-state index in [0.717, 1.165) is 11.8 Å². The molecule has 0 spiro atoms. The van der Waals surface area contributed by atoms with Gasteiger partial charge in [0.2, 0.25) is 0 Å². The molecule has 1 heteroatoms. The number of nitrogens with zero attached hydrogens (tertiary/aromatic N) is 1. The van der Waals surface area contributed by atoms with E-state index in [1.165, 1.54) is 25.1 Å². The van der Waals surface area contributed by atoms with Gasteiger partial charge in [0.15, 0.2) is 0 Å². The number of hydrogen-bond donors (Lipinski definition) is 0. The normalized spacial score (nSPS) is 29.0. The van der Waals surface area contributed by atoms with Crippen LogP contribution in [0, 0.1) is 5.92 Å². The van der Waals surface area contributed by atoms with Gasteiger partial charge in [-0.1, -0.05) is 37.3 Å². The summed E-state index contributed by atoms with van der Waals surface area (Å²) in [6.07, 6.45) is 1.31. The summed E-state index contributed by atoms with van der Waals surface area (Å²) in [5.41, 5.74) is 1.52. The van der Waals surface area contributed by atoms with E-state index in [1.807, 2.05) is 0 Å². The molecule has 0 aromatic heterocycles. The third-order valence-corrected chi connectivity index (χ3v) is 3.34. The molecule has 1 nitrogen and oxygen atoms in total. The molecule has 1 saturated heterocycles. The average Bonchev–Trinajstić information content (AvgIpc) is 2.19. The molecule has 0 aliphatic carbocycles. The van der Waals surface area contributed by atoms with Crippen LogP contribution in [0.25, 0.3) is 0 Å². The fourth-order valence-corrected chi connectivity index (χ4v) is 2.55. The Morgan fingerprint density at radius 2 is 1.93 bits per heavy atom. The van der Waals surface area contributed by atoms with Gasteiger partial charge in [0.05, 0.1) is 0 Å². The highest BCUT2D eigenvalue weighted by molar-refractivity contribution is 5.20. The first-order valence-corrected chi connectivity index (χ1v) is 5.51. The highest BCUT2D eigenvalue weighted by Crippen LogP contribution is 2.31. The number of likely N-dealkylation sites (tertiary alicyclic amines) is 1. The van der Waals surface area contributed by atoms with Gasteiger partial charge in [-0.05, 0) is 37.4 Å². The van der Waals surface area contributed by atoms with Crippen molar-refractivity contribution in [3.05, 3.63) is 35.9 Å². The van der Waals surface area contributed by atoms with Gasteiger partial charge in [0.1, 0.15) is 0 Å². The lowest BCUT2D eigenvalue weighted by Gasteiger charge is -2.35. The highest BCUT2D eigenvalue weighted by Gasteiger charge is 2.24. The topological polar surface area (TPSA) is 3.24 Å². The third-order valence-electron chi connectivity index (χ3n) is 3.34. The summed E-state index contributed by atoms with van der Waals surface area (Å²) in [6, 6.07) is 10.9. The van der Waals surface area contributed by atoms with Gasteiger partial charge in [0.25, 0.3) is 0 Å². The van der Waals surface area contributed by atoms with Gasteiger partial charge < -0.3 is 4.90 Å². The molecule has 0 N–H and O–H groups in total. The molecule has 0 unspecified atom stereocenters. The van der Waals surface area contributed by atoms with E-state index in [0.29, 0.717) is 0 Å². The zero-order valence-electron chi connectivity index (χ0n) is 9.11. The second-order valence-corrected chi connectivity index (χ2v) is 4.55. The Balaban J connectivity index is 2.12.